The molecule has 0 aliphatic carbocycles. The molecule has 4 nitrogen and oxygen atoms in total. The molecule has 0 unspecified atom stereocenters. The van der Waals surface area contributed by atoms with Gasteiger partial charge in [-0.1, -0.05) is 18.2 Å². The largest absolute Gasteiger partial charge is 0.326 e. The van der Waals surface area contributed by atoms with Crippen LogP contribution in [0.2, 0.25) is 0 Å². The Balaban J connectivity index is 1.94. The number of hydrogen-bond donors (Lipinski definition) is 1. The van der Waals surface area contributed by atoms with Crippen LogP contribution in [0.5, 0.6) is 0 Å². The third-order valence-electron chi connectivity index (χ3n) is 3.22. The van der Waals surface area contributed by atoms with Crippen molar-refractivity contribution in [1.29, 1.82) is 0 Å². The Morgan fingerprint density at radius 3 is 2.26 bits per heavy atom. The van der Waals surface area contributed by atoms with Crippen molar-refractivity contribution in [3.05, 3.63) is 54.6 Å². The first-order chi connectivity index (χ1) is 11.1. The number of amides is 2. The molecule has 0 aliphatic rings. The number of nitrogens with zero attached hydrogens (tertiary/aromatic N) is 1. The van der Waals surface area contributed by atoms with Crippen LogP contribution in [0.1, 0.15) is 13.8 Å². The summed E-state index contributed by atoms with van der Waals surface area (Å²) in [5, 5.41) is 2.72. The second-order valence-corrected chi connectivity index (χ2v) is 6.02. The van der Waals surface area contributed by atoms with Gasteiger partial charge in [0.15, 0.2) is 0 Å². The van der Waals surface area contributed by atoms with E-state index < -0.39 is 0 Å². The number of carbonyl (C=O) groups excluding carboxylic acids is 2. The van der Waals surface area contributed by atoms with Gasteiger partial charge in [-0.15, -0.1) is 11.8 Å². The minimum atomic E-state index is -0.0953. The summed E-state index contributed by atoms with van der Waals surface area (Å²) in [7, 11) is 0. The molecule has 0 saturated heterocycles. The van der Waals surface area contributed by atoms with E-state index in [1.54, 1.807) is 4.90 Å². The van der Waals surface area contributed by atoms with Crippen molar-refractivity contribution in [2.45, 2.75) is 18.7 Å². The van der Waals surface area contributed by atoms with E-state index in [9.17, 15) is 9.59 Å². The Hall–Kier alpha value is -2.27. The van der Waals surface area contributed by atoms with Gasteiger partial charge in [-0.3, -0.25) is 9.59 Å². The lowest BCUT2D eigenvalue weighted by molar-refractivity contribution is -0.116. The molecule has 2 aromatic rings. The maximum Gasteiger partial charge on any atom is 0.237 e. The first-order valence-electron chi connectivity index (χ1n) is 7.46. The molecule has 2 aromatic carbocycles. The highest BCUT2D eigenvalue weighted by atomic mass is 32.2. The van der Waals surface area contributed by atoms with E-state index >= 15 is 0 Å². The van der Waals surface area contributed by atoms with Crippen LogP contribution in [0.15, 0.2) is 59.5 Å². The van der Waals surface area contributed by atoms with E-state index in [1.165, 1.54) is 18.7 Å². The summed E-state index contributed by atoms with van der Waals surface area (Å²) in [6, 6.07) is 17.2. The molecule has 2 rings (SSSR count). The molecule has 0 radical (unpaired) electrons. The number of carbonyl (C=O) groups is 2. The summed E-state index contributed by atoms with van der Waals surface area (Å²) < 4.78 is 0. The molecular weight excluding hydrogens is 308 g/mol. The van der Waals surface area contributed by atoms with Crippen molar-refractivity contribution in [2.24, 2.45) is 0 Å². The minimum Gasteiger partial charge on any atom is -0.326 e. The highest BCUT2D eigenvalue weighted by Crippen LogP contribution is 2.22. The number of benzene rings is 2. The number of anilines is 2. The molecule has 0 bridgehead atoms. The quantitative estimate of drug-likeness (QED) is 0.821. The van der Waals surface area contributed by atoms with Crippen LogP contribution in [0.4, 0.5) is 11.4 Å². The fourth-order valence-corrected chi connectivity index (χ4v) is 2.95. The Morgan fingerprint density at radius 2 is 1.70 bits per heavy atom. The fourth-order valence-electron chi connectivity index (χ4n) is 2.17. The summed E-state index contributed by atoms with van der Waals surface area (Å²) in [6.45, 7) is 4.09. The summed E-state index contributed by atoms with van der Waals surface area (Å²) in [6.07, 6.45) is 0. The molecule has 23 heavy (non-hydrogen) atoms. The first-order valence-corrected chi connectivity index (χ1v) is 8.44. The molecule has 0 atom stereocenters. The Morgan fingerprint density at radius 1 is 1.04 bits per heavy atom. The molecular formula is C18H20N2O2S. The Kier molecular flexibility index (Phi) is 6.23. The second-order valence-electron chi connectivity index (χ2n) is 4.97. The molecule has 120 valence electrons. The predicted molar refractivity (Wildman–Crippen MR) is 95.9 cm³/mol. The van der Waals surface area contributed by atoms with Crippen LogP contribution < -0.4 is 10.2 Å². The van der Waals surface area contributed by atoms with Gasteiger partial charge in [-0.2, -0.15) is 0 Å². The third kappa shape index (κ3) is 5.14. The maximum absolute atomic E-state index is 12.4. The lowest BCUT2D eigenvalue weighted by Gasteiger charge is -2.20. The number of nitrogens with one attached hydrogen (secondary N) is 1. The van der Waals surface area contributed by atoms with Gasteiger partial charge in [-0.25, -0.2) is 0 Å². The molecule has 5 heteroatoms. The van der Waals surface area contributed by atoms with Crippen LogP contribution >= 0.6 is 11.8 Å². The molecule has 0 aromatic heterocycles. The molecule has 0 saturated carbocycles. The van der Waals surface area contributed by atoms with Crippen molar-refractivity contribution in [3.63, 3.8) is 0 Å². The summed E-state index contributed by atoms with van der Waals surface area (Å²) >= 11 is 1.49. The molecule has 0 fully saturated rings. The van der Waals surface area contributed by atoms with Crippen molar-refractivity contribution >= 4 is 35.0 Å². The average molecular weight is 328 g/mol. The summed E-state index contributed by atoms with van der Waals surface area (Å²) in [5.41, 5.74) is 1.68. The van der Waals surface area contributed by atoms with Gasteiger partial charge in [0.25, 0.3) is 0 Å². The molecule has 0 aliphatic heterocycles. The van der Waals surface area contributed by atoms with Crippen LogP contribution in [0.25, 0.3) is 0 Å². The molecule has 0 heterocycles. The van der Waals surface area contributed by atoms with E-state index in [4.69, 9.17) is 0 Å². The number of hydrogen-bond acceptors (Lipinski definition) is 3. The monoisotopic (exact) mass is 328 g/mol. The minimum absolute atomic E-state index is 0.0784. The lowest BCUT2D eigenvalue weighted by atomic mass is 10.3. The summed E-state index contributed by atoms with van der Waals surface area (Å²) in [5.74, 6) is 0.360. The average Bonchev–Trinajstić information content (AvgIpc) is 2.55. The zero-order chi connectivity index (χ0) is 16.7. The first kappa shape index (κ1) is 17.1. The second kappa shape index (κ2) is 8.39. The maximum atomic E-state index is 12.4. The number of rotatable bonds is 6. The molecule has 2 amide bonds. The van der Waals surface area contributed by atoms with E-state index in [0.717, 1.165) is 16.3 Å². The zero-order valence-electron chi connectivity index (χ0n) is 13.3. The SMILES string of the molecule is CCN(C(=O)CSc1ccc(NC(C)=O)cc1)c1ccccc1. The van der Waals surface area contributed by atoms with Crippen molar-refractivity contribution in [2.75, 3.05) is 22.5 Å². The van der Waals surface area contributed by atoms with Crippen LogP contribution in [-0.2, 0) is 9.59 Å². The zero-order valence-corrected chi connectivity index (χ0v) is 14.1. The van der Waals surface area contributed by atoms with Gasteiger partial charge in [0.05, 0.1) is 5.75 Å². The summed E-state index contributed by atoms with van der Waals surface area (Å²) in [4.78, 5) is 26.2. The molecule has 0 spiro atoms. The van der Waals surface area contributed by atoms with Crippen LogP contribution in [-0.4, -0.2) is 24.1 Å². The van der Waals surface area contributed by atoms with Crippen molar-refractivity contribution in [3.8, 4) is 0 Å². The van der Waals surface area contributed by atoms with Crippen molar-refractivity contribution < 1.29 is 9.59 Å². The lowest BCUT2D eigenvalue weighted by Crippen LogP contribution is -2.32. The van der Waals surface area contributed by atoms with E-state index in [2.05, 4.69) is 5.32 Å². The van der Waals surface area contributed by atoms with Gasteiger partial charge < -0.3 is 10.2 Å². The van der Waals surface area contributed by atoms with Gasteiger partial charge in [0.1, 0.15) is 0 Å². The van der Waals surface area contributed by atoms with Gasteiger partial charge >= 0.3 is 0 Å². The smallest absolute Gasteiger partial charge is 0.237 e. The predicted octanol–water partition coefficient (Wildman–Crippen LogP) is 3.79. The Labute approximate surface area is 140 Å². The van der Waals surface area contributed by atoms with E-state index in [0.29, 0.717) is 12.3 Å². The standard InChI is InChI=1S/C18H20N2O2S/c1-3-20(16-7-5-4-6-8-16)18(22)13-23-17-11-9-15(10-12-17)19-14(2)21/h4-12H,3,13H2,1-2H3,(H,19,21). The van der Waals surface area contributed by atoms with Gasteiger partial charge in [0, 0.05) is 29.7 Å². The highest BCUT2D eigenvalue weighted by Gasteiger charge is 2.13. The van der Waals surface area contributed by atoms with E-state index in [1.807, 2.05) is 61.5 Å². The van der Waals surface area contributed by atoms with Crippen LogP contribution in [0, 0.1) is 0 Å². The van der Waals surface area contributed by atoms with Gasteiger partial charge in [-0.05, 0) is 43.3 Å². The normalized spacial score (nSPS) is 10.2. The topological polar surface area (TPSA) is 49.4 Å². The third-order valence-corrected chi connectivity index (χ3v) is 4.22. The number of para-hydroxylation sites is 1. The fraction of sp³-hybridized carbons (Fsp3) is 0.222. The highest BCUT2D eigenvalue weighted by molar-refractivity contribution is 8.00. The van der Waals surface area contributed by atoms with Gasteiger partial charge in [0.2, 0.25) is 11.8 Å². The Bertz CT molecular complexity index is 656. The van der Waals surface area contributed by atoms with E-state index in [-0.39, 0.29) is 11.8 Å². The number of thioether (sulfide) groups is 1. The van der Waals surface area contributed by atoms with Crippen LogP contribution in [0.3, 0.4) is 0 Å². The molecule has 1 N–H and O–H groups in total. The van der Waals surface area contributed by atoms with Crippen molar-refractivity contribution in [1.82, 2.24) is 0 Å².